The number of piperidine rings is 1. The molecule has 5 nitrogen and oxygen atoms in total. The second-order valence-corrected chi connectivity index (χ2v) is 9.01. The standard InChI is InChI=1S/C20H26N4OS/c1-12-5-7-16(8-6-12)17(23-10-13(2)9-14(3)11-23)18-19(25)24-20(26-18)21-15(4)22-24/h5-8,13-14,17,25H,9-11H2,1-4H3/p+1/t13-,14-,17-/m0/s1. The molecule has 138 valence electrons. The van der Waals surface area contributed by atoms with Crippen molar-refractivity contribution in [3.05, 3.63) is 46.1 Å². The molecule has 0 aliphatic carbocycles. The molecule has 1 fully saturated rings. The number of hydrogen-bond donors (Lipinski definition) is 2. The first kappa shape index (κ1) is 17.5. The van der Waals surface area contributed by atoms with E-state index in [9.17, 15) is 5.11 Å². The molecule has 3 aromatic rings. The summed E-state index contributed by atoms with van der Waals surface area (Å²) in [4.78, 5) is 7.73. The van der Waals surface area contributed by atoms with E-state index in [0.29, 0.717) is 17.7 Å². The number of aryl methyl sites for hydroxylation is 2. The molecule has 1 aliphatic heterocycles. The highest BCUT2D eigenvalue weighted by molar-refractivity contribution is 7.17. The molecule has 0 radical (unpaired) electrons. The van der Waals surface area contributed by atoms with Crippen molar-refractivity contribution in [2.45, 2.75) is 40.2 Å². The smallest absolute Gasteiger partial charge is 0.235 e. The van der Waals surface area contributed by atoms with E-state index in [1.165, 1.54) is 22.4 Å². The van der Waals surface area contributed by atoms with E-state index in [1.807, 2.05) is 6.92 Å². The van der Waals surface area contributed by atoms with Gasteiger partial charge in [0.15, 0.2) is 6.04 Å². The summed E-state index contributed by atoms with van der Waals surface area (Å²) in [5.41, 5.74) is 2.51. The van der Waals surface area contributed by atoms with Crippen molar-refractivity contribution < 1.29 is 10.0 Å². The maximum atomic E-state index is 10.9. The second-order valence-electron chi connectivity index (χ2n) is 8.00. The van der Waals surface area contributed by atoms with Crippen LogP contribution < -0.4 is 4.90 Å². The molecule has 3 heterocycles. The Kier molecular flexibility index (Phi) is 4.49. The first-order valence-electron chi connectivity index (χ1n) is 9.38. The molecule has 26 heavy (non-hydrogen) atoms. The Morgan fingerprint density at radius 1 is 1.15 bits per heavy atom. The van der Waals surface area contributed by atoms with Crippen molar-refractivity contribution in [1.29, 1.82) is 0 Å². The Hall–Kier alpha value is -1.92. The maximum absolute atomic E-state index is 10.9. The second kappa shape index (κ2) is 6.67. The van der Waals surface area contributed by atoms with Gasteiger partial charge >= 0.3 is 0 Å². The minimum atomic E-state index is 0.120. The molecular formula is C20H27N4OS+. The number of quaternary nitrogens is 1. The van der Waals surface area contributed by atoms with Gasteiger partial charge in [-0.15, -0.1) is 5.10 Å². The number of fused-ring (bicyclic) bond motifs is 1. The summed E-state index contributed by atoms with van der Waals surface area (Å²) in [6.07, 6.45) is 1.28. The van der Waals surface area contributed by atoms with Gasteiger partial charge in [-0.2, -0.15) is 4.52 Å². The fourth-order valence-corrected chi connectivity index (χ4v) is 5.62. The number of aromatic hydroxyl groups is 1. The van der Waals surface area contributed by atoms with Crippen LogP contribution in [0.3, 0.4) is 0 Å². The molecule has 1 aromatic carbocycles. The van der Waals surface area contributed by atoms with Crippen molar-refractivity contribution >= 4 is 16.3 Å². The predicted molar refractivity (Wildman–Crippen MR) is 104 cm³/mol. The van der Waals surface area contributed by atoms with Crippen LogP contribution in [0, 0.1) is 25.7 Å². The molecule has 4 rings (SSSR count). The molecule has 0 bridgehead atoms. The monoisotopic (exact) mass is 371 g/mol. The average Bonchev–Trinajstić information content (AvgIpc) is 3.07. The predicted octanol–water partition coefficient (Wildman–Crippen LogP) is 2.76. The minimum absolute atomic E-state index is 0.120. The van der Waals surface area contributed by atoms with E-state index in [2.05, 4.69) is 55.1 Å². The normalized spacial score (nSPS) is 24.8. The average molecular weight is 372 g/mol. The van der Waals surface area contributed by atoms with Gasteiger partial charge in [0.1, 0.15) is 10.7 Å². The van der Waals surface area contributed by atoms with Crippen molar-refractivity contribution in [3.63, 3.8) is 0 Å². The lowest BCUT2D eigenvalue weighted by Gasteiger charge is -2.37. The molecule has 0 spiro atoms. The molecular weight excluding hydrogens is 344 g/mol. The minimum Gasteiger partial charge on any atom is -0.492 e. The summed E-state index contributed by atoms with van der Waals surface area (Å²) in [7, 11) is 0. The van der Waals surface area contributed by atoms with Crippen LogP contribution in [0.5, 0.6) is 5.88 Å². The van der Waals surface area contributed by atoms with Crippen LogP contribution in [0.15, 0.2) is 24.3 Å². The fraction of sp³-hybridized carbons (Fsp3) is 0.500. The van der Waals surface area contributed by atoms with E-state index in [4.69, 9.17) is 0 Å². The van der Waals surface area contributed by atoms with Crippen LogP contribution in [-0.2, 0) is 0 Å². The molecule has 2 N–H and O–H groups in total. The Bertz CT molecular complexity index is 904. The third-order valence-corrected chi connectivity index (χ3v) is 6.50. The number of nitrogens with one attached hydrogen (secondary N) is 1. The lowest BCUT2D eigenvalue weighted by Crippen LogP contribution is -3.14. The molecule has 3 atom stereocenters. The van der Waals surface area contributed by atoms with Gasteiger partial charge in [-0.05, 0) is 20.3 Å². The highest BCUT2D eigenvalue weighted by Crippen LogP contribution is 2.35. The van der Waals surface area contributed by atoms with E-state index in [-0.39, 0.29) is 11.9 Å². The largest absolute Gasteiger partial charge is 0.492 e. The third-order valence-electron chi connectivity index (χ3n) is 5.41. The lowest BCUT2D eigenvalue weighted by molar-refractivity contribution is -0.936. The van der Waals surface area contributed by atoms with Gasteiger partial charge in [0, 0.05) is 17.4 Å². The number of aromatic nitrogens is 3. The van der Waals surface area contributed by atoms with Crippen LogP contribution in [0.4, 0.5) is 0 Å². The summed E-state index contributed by atoms with van der Waals surface area (Å²) < 4.78 is 1.59. The van der Waals surface area contributed by atoms with Gasteiger partial charge in [-0.3, -0.25) is 0 Å². The quantitative estimate of drug-likeness (QED) is 0.744. The lowest BCUT2D eigenvalue weighted by atomic mass is 9.89. The number of thiazole rings is 1. The molecule has 0 amide bonds. The zero-order chi connectivity index (χ0) is 18.4. The van der Waals surface area contributed by atoms with Crippen molar-refractivity contribution in [1.82, 2.24) is 14.6 Å². The zero-order valence-electron chi connectivity index (χ0n) is 15.9. The summed E-state index contributed by atoms with van der Waals surface area (Å²) in [6.45, 7) is 10.9. The Labute approximate surface area is 158 Å². The van der Waals surface area contributed by atoms with E-state index in [1.54, 1.807) is 15.9 Å². The van der Waals surface area contributed by atoms with E-state index < -0.39 is 0 Å². The molecule has 2 aromatic heterocycles. The number of hydrogen-bond acceptors (Lipinski definition) is 4. The van der Waals surface area contributed by atoms with Gasteiger partial charge in [0.05, 0.1) is 13.1 Å². The van der Waals surface area contributed by atoms with Gasteiger partial charge in [-0.25, -0.2) is 4.98 Å². The molecule has 6 heteroatoms. The molecule has 0 unspecified atom stereocenters. The fourth-order valence-electron chi connectivity index (χ4n) is 4.44. The molecule has 1 aliphatic rings. The molecule has 1 saturated heterocycles. The van der Waals surface area contributed by atoms with Crippen LogP contribution in [0.2, 0.25) is 0 Å². The Morgan fingerprint density at radius 3 is 2.42 bits per heavy atom. The number of benzene rings is 1. The van der Waals surface area contributed by atoms with E-state index in [0.717, 1.165) is 22.9 Å². The summed E-state index contributed by atoms with van der Waals surface area (Å²) >= 11 is 1.57. The third kappa shape index (κ3) is 3.12. The summed E-state index contributed by atoms with van der Waals surface area (Å²) in [6, 6.07) is 8.86. The van der Waals surface area contributed by atoms with Crippen molar-refractivity contribution in [2.24, 2.45) is 11.8 Å². The first-order chi connectivity index (χ1) is 12.4. The van der Waals surface area contributed by atoms with Gasteiger partial charge < -0.3 is 10.0 Å². The van der Waals surface area contributed by atoms with Crippen LogP contribution in [0.1, 0.15) is 48.1 Å². The Morgan fingerprint density at radius 2 is 1.81 bits per heavy atom. The summed E-state index contributed by atoms with van der Waals surface area (Å²) in [5.74, 6) is 2.31. The number of nitrogens with zero attached hydrogens (tertiary/aromatic N) is 3. The van der Waals surface area contributed by atoms with Crippen LogP contribution in [-0.4, -0.2) is 32.8 Å². The highest BCUT2D eigenvalue weighted by atomic mass is 32.1. The van der Waals surface area contributed by atoms with Gasteiger partial charge in [0.2, 0.25) is 10.8 Å². The number of likely N-dealkylation sites (tertiary alicyclic amines) is 1. The van der Waals surface area contributed by atoms with Crippen molar-refractivity contribution in [2.75, 3.05) is 13.1 Å². The molecule has 0 saturated carbocycles. The maximum Gasteiger partial charge on any atom is 0.235 e. The topological polar surface area (TPSA) is 54.9 Å². The summed E-state index contributed by atoms with van der Waals surface area (Å²) in [5, 5.41) is 15.3. The number of rotatable bonds is 3. The van der Waals surface area contributed by atoms with E-state index >= 15 is 0 Å². The van der Waals surface area contributed by atoms with Crippen LogP contribution >= 0.6 is 11.3 Å². The SMILES string of the molecule is Cc1ccc([C@@H](c2sc3nc(C)nn3c2O)[NH+]2C[C@@H](C)C[C@H](C)C2)cc1. The highest BCUT2D eigenvalue weighted by Gasteiger charge is 2.36. The van der Waals surface area contributed by atoms with Gasteiger partial charge in [0.25, 0.3) is 0 Å². The van der Waals surface area contributed by atoms with Crippen molar-refractivity contribution in [3.8, 4) is 5.88 Å². The Balaban J connectivity index is 1.82. The van der Waals surface area contributed by atoms with Crippen LogP contribution in [0.25, 0.3) is 4.96 Å². The first-order valence-corrected chi connectivity index (χ1v) is 10.2. The zero-order valence-corrected chi connectivity index (χ0v) is 16.7. The van der Waals surface area contributed by atoms with Gasteiger partial charge in [-0.1, -0.05) is 55.0 Å².